The molecule has 0 unspecified atom stereocenters. The summed E-state index contributed by atoms with van der Waals surface area (Å²) in [4.78, 5) is 26.5. The number of amides is 1. The number of halogens is 1. The van der Waals surface area contributed by atoms with Gasteiger partial charge in [0.15, 0.2) is 0 Å². The van der Waals surface area contributed by atoms with Crippen LogP contribution in [0.1, 0.15) is 26.4 Å². The molecule has 0 aliphatic heterocycles. The molecular weight excluding hydrogens is 280 g/mol. The van der Waals surface area contributed by atoms with Crippen molar-refractivity contribution in [2.75, 3.05) is 5.32 Å². The maximum absolute atomic E-state index is 12.0. The third-order valence-corrected chi connectivity index (χ3v) is 3.08. The molecule has 1 heterocycles. The van der Waals surface area contributed by atoms with Gasteiger partial charge in [0.1, 0.15) is 5.69 Å². The molecule has 102 valence electrons. The Morgan fingerprint density at radius 3 is 2.65 bits per heavy atom. The molecule has 2 rings (SSSR count). The van der Waals surface area contributed by atoms with Crippen LogP contribution < -0.4 is 5.32 Å². The molecule has 0 fully saturated rings. The van der Waals surface area contributed by atoms with Crippen molar-refractivity contribution in [2.45, 2.75) is 6.92 Å². The quantitative estimate of drug-likeness (QED) is 0.911. The number of hydrogen-bond acceptors (Lipinski definition) is 3. The number of nitrogens with zero attached hydrogens (tertiary/aromatic N) is 1. The summed E-state index contributed by atoms with van der Waals surface area (Å²) in [6.45, 7) is 1.84. The Morgan fingerprint density at radius 2 is 2.00 bits per heavy atom. The van der Waals surface area contributed by atoms with Gasteiger partial charge in [-0.25, -0.2) is 9.78 Å². The van der Waals surface area contributed by atoms with Crippen LogP contribution in [0.15, 0.2) is 36.5 Å². The number of carboxylic acid groups (broad SMARTS) is 1. The average Bonchev–Trinajstić information content (AvgIpc) is 2.42. The fourth-order valence-corrected chi connectivity index (χ4v) is 1.74. The van der Waals surface area contributed by atoms with E-state index in [1.807, 2.05) is 6.92 Å². The molecule has 1 aromatic carbocycles. The highest BCUT2D eigenvalue weighted by molar-refractivity contribution is 6.31. The van der Waals surface area contributed by atoms with Gasteiger partial charge in [0.25, 0.3) is 5.91 Å². The van der Waals surface area contributed by atoms with E-state index in [4.69, 9.17) is 16.7 Å². The minimum Gasteiger partial charge on any atom is -0.477 e. The van der Waals surface area contributed by atoms with Gasteiger partial charge in [0.05, 0.1) is 0 Å². The third kappa shape index (κ3) is 3.13. The zero-order chi connectivity index (χ0) is 14.7. The van der Waals surface area contributed by atoms with Crippen LogP contribution in [0.25, 0.3) is 0 Å². The van der Waals surface area contributed by atoms with Crippen LogP contribution in [0.2, 0.25) is 5.02 Å². The van der Waals surface area contributed by atoms with Gasteiger partial charge in [-0.1, -0.05) is 17.7 Å². The van der Waals surface area contributed by atoms with Crippen LogP contribution in [0.3, 0.4) is 0 Å². The second-order valence-corrected chi connectivity index (χ2v) is 4.56. The molecular formula is C14H11ClN2O3. The third-order valence-electron chi connectivity index (χ3n) is 2.67. The first-order valence-electron chi connectivity index (χ1n) is 5.74. The first-order chi connectivity index (χ1) is 9.47. The van der Waals surface area contributed by atoms with Gasteiger partial charge in [-0.3, -0.25) is 4.79 Å². The summed E-state index contributed by atoms with van der Waals surface area (Å²) >= 11 is 5.96. The molecule has 0 aliphatic carbocycles. The van der Waals surface area contributed by atoms with Gasteiger partial charge < -0.3 is 10.4 Å². The number of rotatable bonds is 3. The van der Waals surface area contributed by atoms with E-state index >= 15 is 0 Å². The van der Waals surface area contributed by atoms with E-state index in [9.17, 15) is 9.59 Å². The molecule has 2 N–H and O–H groups in total. The van der Waals surface area contributed by atoms with E-state index in [-0.39, 0.29) is 11.6 Å². The molecule has 0 radical (unpaired) electrons. The number of aryl methyl sites for hydroxylation is 1. The van der Waals surface area contributed by atoms with E-state index in [1.165, 1.54) is 18.3 Å². The predicted molar refractivity (Wildman–Crippen MR) is 75.3 cm³/mol. The first-order valence-corrected chi connectivity index (χ1v) is 6.12. The van der Waals surface area contributed by atoms with E-state index in [0.29, 0.717) is 16.3 Å². The molecule has 0 saturated heterocycles. The number of aromatic carboxylic acids is 1. The number of nitrogens with one attached hydrogen (secondary N) is 1. The Morgan fingerprint density at radius 1 is 1.25 bits per heavy atom. The lowest BCUT2D eigenvalue weighted by Gasteiger charge is -2.07. The Labute approximate surface area is 120 Å². The Bertz CT molecular complexity index is 686. The summed E-state index contributed by atoms with van der Waals surface area (Å²) < 4.78 is 0. The number of aromatic nitrogens is 1. The summed E-state index contributed by atoms with van der Waals surface area (Å²) in [6.07, 6.45) is 1.32. The SMILES string of the molecule is Cc1ccc(C(=O)Nc2ccnc(C(=O)O)c2)cc1Cl. The van der Waals surface area contributed by atoms with Crippen molar-refractivity contribution in [1.82, 2.24) is 4.98 Å². The molecule has 0 atom stereocenters. The Kier molecular flexibility index (Phi) is 4.00. The van der Waals surface area contributed by atoms with Gasteiger partial charge in [0, 0.05) is 22.5 Å². The smallest absolute Gasteiger partial charge is 0.354 e. The number of pyridine rings is 1. The van der Waals surface area contributed by atoms with Crippen molar-refractivity contribution in [3.63, 3.8) is 0 Å². The topological polar surface area (TPSA) is 79.3 Å². The van der Waals surface area contributed by atoms with Crippen molar-refractivity contribution in [1.29, 1.82) is 0 Å². The largest absolute Gasteiger partial charge is 0.477 e. The highest BCUT2D eigenvalue weighted by Gasteiger charge is 2.10. The molecule has 5 nitrogen and oxygen atoms in total. The molecule has 0 saturated carbocycles. The monoisotopic (exact) mass is 290 g/mol. The first kappa shape index (κ1) is 14.0. The highest BCUT2D eigenvalue weighted by atomic mass is 35.5. The number of carbonyl (C=O) groups is 2. The van der Waals surface area contributed by atoms with E-state index in [2.05, 4.69) is 10.3 Å². The summed E-state index contributed by atoms with van der Waals surface area (Å²) in [5, 5.41) is 11.9. The van der Waals surface area contributed by atoms with Gasteiger partial charge >= 0.3 is 5.97 Å². The van der Waals surface area contributed by atoms with Crippen molar-refractivity contribution in [3.05, 3.63) is 58.4 Å². The van der Waals surface area contributed by atoms with Gasteiger partial charge in [-0.05, 0) is 36.8 Å². The second kappa shape index (κ2) is 5.71. The van der Waals surface area contributed by atoms with E-state index < -0.39 is 5.97 Å². The van der Waals surface area contributed by atoms with Crippen LogP contribution in [0.5, 0.6) is 0 Å². The summed E-state index contributed by atoms with van der Waals surface area (Å²) in [6, 6.07) is 7.75. The van der Waals surface area contributed by atoms with Gasteiger partial charge in [-0.15, -0.1) is 0 Å². The van der Waals surface area contributed by atoms with Gasteiger partial charge in [0.2, 0.25) is 0 Å². The molecule has 2 aromatic rings. The van der Waals surface area contributed by atoms with Crippen LogP contribution in [0.4, 0.5) is 5.69 Å². The number of hydrogen-bond donors (Lipinski definition) is 2. The van der Waals surface area contributed by atoms with Crippen LogP contribution in [-0.2, 0) is 0 Å². The predicted octanol–water partition coefficient (Wildman–Crippen LogP) is 2.99. The minimum atomic E-state index is -1.15. The summed E-state index contributed by atoms with van der Waals surface area (Å²) in [7, 11) is 0. The molecule has 1 amide bonds. The standard InChI is InChI=1S/C14H11ClN2O3/c1-8-2-3-9(6-11(8)15)13(18)17-10-4-5-16-12(7-10)14(19)20/h2-7H,1H3,(H,19,20)(H,16,17,18). The summed E-state index contributed by atoms with van der Waals surface area (Å²) in [5.41, 5.74) is 1.50. The fourth-order valence-electron chi connectivity index (χ4n) is 1.56. The average molecular weight is 291 g/mol. The zero-order valence-electron chi connectivity index (χ0n) is 10.6. The number of carbonyl (C=O) groups excluding carboxylic acids is 1. The lowest BCUT2D eigenvalue weighted by Crippen LogP contribution is -2.13. The van der Waals surface area contributed by atoms with Crippen molar-refractivity contribution < 1.29 is 14.7 Å². The second-order valence-electron chi connectivity index (χ2n) is 4.15. The zero-order valence-corrected chi connectivity index (χ0v) is 11.3. The number of anilines is 1. The molecule has 20 heavy (non-hydrogen) atoms. The summed E-state index contributed by atoms with van der Waals surface area (Å²) in [5.74, 6) is -1.52. The van der Waals surface area contributed by atoms with Crippen molar-refractivity contribution in [2.24, 2.45) is 0 Å². The number of benzene rings is 1. The van der Waals surface area contributed by atoms with E-state index in [0.717, 1.165) is 5.56 Å². The normalized spacial score (nSPS) is 10.1. The molecule has 0 spiro atoms. The minimum absolute atomic E-state index is 0.135. The van der Waals surface area contributed by atoms with Crippen LogP contribution >= 0.6 is 11.6 Å². The lowest BCUT2D eigenvalue weighted by atomic mass is 10.1. The van der Waals surface area contributed by atoms with E-state index in [1.54, 1.807) is 18.2 Å². The number of carboxylic acids is 1. The molecule has 1 aromatic heterocycles. The van der Waals surface area contributed by atoms with Crippen molar-refractivity contribution >= 4 is 29.2 Å². The van der Waals surface area contributed by atoms with Crippen LogP contribution in [0, 0.1) is 6.92 Å². The maximum Gasteiger partial charge on any atom is 0.354 e. The fraction of sp³-hybridized carbons (Fsp3) is 0.0714. The Balaban J connectivity index is 2.21. The Hall–Kier alpha value is -2.40. The van der Waals surface area contributed by atoms with Gasteiger partial charge in [-0.2, -0.15) is 0 Å². The highest BCUT2D eigenvalue weighted by Crippen LogP contribution is 2.18. The van der Waals surface area contributed by atoms with Crippen molar-refractivity contribution in [3.8, 4) is 0 Å². The maximum atomic E-state index is 12.0. The van der Waals surface area contributed by atoms with Crippen LogP contribution in [-0.4, -0.2) is 22.0 Å². The lowest BCUT2D eigenvalue weighted by molar-refractivity contribution is 0.0690. The molecule has 0 bridgehead atoms. The molecule has 0 aliphatic rings. The molecule has 6 heteroatoms.